The van der Waals surface area contributed by atoms with E-state index in [1.54, 1.807) is 0 Å². The van der Waals surface area contributed by atoms with Crippen LogP contribution in [0.25, 0.3) is 10.9 Å². The molecule has 0 spiro atoms. The summed E-state index contributed by atoms with van der Waals surface area (Å²) in [6.07, 6.45) is 8.69. The molecule has 5 rings (SSSR count). The van der Waals surface area contributed by atoms with Crippen LogP contribution in [0.2, 0.25) is 0 Å². The molecular formula is C29H34N2O3. The van der Waals surface area contributed by atoms with Crippen molar-refractivity contribution in [1.29, 1.82) is 0 Å². The lowest BCUT2D eigenvalue weighted by Gasteiger charge is -2.45. The Kier molecular flexibility index (Phi) is 6.36. The first-order valence-electron chi connectivity index (χ1n) is 12.5. The third-order valence-corrected chi connectivity index (χ3v) is 7.85. The van der Waals surface area contributed by atoms with Crippen molar-refractivity contribution in [3.05, 3.63) is 78.1 Å². The van der Waals surface area contributed by atoms with E-state index in [0.29, 0.717) is 0 Å². The second kappa shape index (κ2) is 9.57. The molecule has 2 bridgehead atoms. The van der Waals surface area contributed by atoms with Gasteiger partial charge in [0, 0.05) is 48.2 Å². The number of methoxy groups -OCH3 is 1. The molecule has 0 saturated heterocycles. The van der Waals surface area contributed by atoms with Crippen LogP contribution in [0.5, 0.6) is 5.75 Å². The highest BCUT2D eigenvalue weighted by atomic mass is 16.5. The Bertz CT molecular complexity index is 1180. The van der Waals surface area contributed by atoms with E-state index >= 15 is 0 Å². The zero-order valence-electron chi connectivity index (χ0n) is 20.2. The number of hydrogen-bond acceptors (Lipinski definition) is 4. The van der Waals surface area contributed by atoms with Gasteiger partial charge in [-0.1, -0.05) is 43.3 Å². The second-order valence-electron chi connectivity index (χ2n) is 9.54. The number of carbonyl (C=O) groups is 1. The van der Waals surface area contributed by atoms with Gasteiger partial charge >= 0.3 is 5.97 Å². The molecule has 0 aliphatic carbocycles. The van der Waals surface area contributed by atoms with Crippen LogP contribution in [0.15, 0.2) is 66.9 Å². The summed E-state index contributed by atoms with van der Waals surface area (Å²) in [6.45, 7) is 5.12. The van der Waals surface area contributed by atoms with Gasteiger partial charge in [-0.25, -0.2) is 4.79 Å². The largest absolute Gasteiger partial charge is 0.484 e. The quantitative estimate of drug-likeness (QED) is 0.353. The number of carbonyl (C=O) groups excluding carboxylic acids is 1. The summed E-state index contributed by atoms with van der Waals surface area (Å²) in [5, 5.41) is 1.32. The van der Waals surface area contributed by atoms with E-state index < -0.39 is 0 Å². The van der Waals surface area contributed by atoms with Gasteiger partial charge in [-0.05, 0) is 55.9 Å². The number of rotatable bonds is 5. The molecule has 0 radical (unpaired) electrons. The zero-order valence-corrected chi connectivity index (χ0v) is 20.2. The van der Waals surface area contributed by atoms with Crippen LogP contribution in [0.1, 0.15) is 50.0 Å². The fourth-order valence-corrected chi connectivity index (χ4v) is 5.95. The number of benzene rings is 2. The Balaban J connectivity index is 1.62. The van der Waals surface area contributed by atoms with Crippen LogP contribution < -0.4 is 4.74 Å². The molecule has 2 atom stereocenters. The monoisotopic (exact) mass is 458 g/mol. The summed E-state index contributed by atoms with van der Waals surface area (Å²) in [5.74, 6) is 0.629. The summed E-state index contributed by atoms with van der Waals surface area (Å²) in [5.41, 5.74) is 4.10. The van der Waals surface area contributed by atoms with Crippen molar-refractivity contribution in [3.63, 3.8) is 0 Å². The van der Waals surface area contributed by atoms with Crippen molar-refractivity contribution in [2.24, 2.45) is 5.41 Å². The Morgan fingerprint density at radius 3 is 2.65 bits per heavy atom. The maximum atomic E-state index is 11.7. The molecule has 0 saturated carbocycles. The summed E-state index contributed by atoms with van der Waals surface area (Å²) >= 11 is 0. The number of ether oxygens (including phenoxy) is 2. The maximum absolute atomic E-state index is 11.7. The number of aryl methyl sites for hydroxylation is 1. The molecule has 5 nitrogen and oxygen atoms in total. The van der Waals surface area contributed by atoms with E-state index in [4.69, 9.17) is 9.47 Å². The third kappa shape index (κ3) is 4.08. The Labute approximate surface area is 202 Å². The van der Waals surface area contributed by atoms with Crippen molar-refractivity contribution < 1.29 is 14.3 Å². The van der Waals surface area contributed by atoms with Crippen LogP contribution >= 0.6 is 0 Å². The number of para-hydroxylation sites is 2. The molecule has 2 aliphatic heterocycles. The lowest BCUT2D eigenvalue weighted by Crippen LogP contribution is -2.40. The molecule has 0 N–H and O–H groups in total. The minimum absolute atomic E-state index is 0.0215. The fraction of sp³-hybridized carbons (Fsp3) is 0.414. The molecule has 3 aromatic rings. The highest BCUT2D eigenvalue weighted by molar-refractivity contribution is 5.86. The van der Waals surface area contributed by atoms with Gasteiger partial charge in [0.25, 0.3) is 0 Å². The van der Waals surface area contributed by atoms with Crippen LogP contribution in [-0.4, -0.2) is 35.6 Å². The van der Waals surface area contributed by atoms with Gasteiger partial charge in [-0.15, -0.1) is 0 Å². The van der Waals surface area contributed by atoms with Crippen molar-refractivity contribution in [3.8, 4) is 5.75 Å². The van der Waals surface area contributed by atoms with Gasteiger partial charge in [0.1, 0.15) is 11.9 Å². The smallest absolute Gasteiger partial charge is 0.331 e. The summed E-state index contributed by atoms with van der Waals surface area (Å²) in [7, 11) is 1.42. The van der Waals surface area contributed by atoms with Crippen molar-refractivity contribution in [2.45, 2.75) is 51.7 Å². The van der Waals surface area contributed by atoms with Gasteiger partial charge in [-0.2, -0.15) is 0 Å². The second-order valence-corrected chi connectivity index (χ2v) is 9.54. The first-order chi connectivity index (χ1) is 16.6. The average Bonchev–Trinajstić information content (AvgIpc) is 3.20. The highest BCUT2D eigenvalue weighted by Gasteiger charge is 2.46. The van der Waals surface area contributed by atoms with Gasteiger partial charge in [0.2, 0.25) is 0 Å². The molecule has 178 valence electrons. The first-order valence-corrected chi connectivity index (χ1v) is 12.5. The van der Waals surface area contributed by atoms with Crippen molar-refractivity contribution >= 4 is 16.9 Å². The molecule has 0 amide bonds. The van der Waals surface area contributed by atoms with E-state index in [0.717, 1.165) is 57.5 Å². The predicted octanol–water partition coefficient (Wildman–Crippen LogP) is 5.89. The standard InChI is InChI=1S/C29H34N2O3/c1-3-29-16-9-18-30(20-15-26(32)33-2)19-14-24-23-12-7-8-13-25(23)31(21-17-29)27(24)28(29)34-22-10-5-4-6-11-22/h4-8,10-13,15,20,28H,3,9,14,16-19,21H2,1-2H3/b20-15+. The molecule has 3 heterocycles. The van der Waals surface area contributed by atoms with Crippen molar-refractivity contribution in [1.82, 2.24) is 9.47 Å². The third-order valence-electron chi connectivity index (χ3n) is 7.85. The first kappa shape index (κ1) is 22.6. The number of hydrogen-bond donors (Lipinski definition) is 0. The molecular weight excluding hydrogens is 424 g/mol. The van der Waals surface area contributed by atoms with Crippen LogP contribution in [-0.2, 0) is 22.5 Å². The number of nitrogens with zero attached hydrogens (tertiary/aromatic N) is 2. The molecule has 2 aromatic carbocycles. The minimum Gasteiger partial charge on any atom is -0.484 e. The summed E-state index contributed by atoms with van der Waals surface area (Å²) < 4.78 is 14.2. The lowest BCUT2D eigenvalue weighted by molar-refractivity contribution is -0.134. The molecule has 0 fully saturated rings. The lowest BCUT2D eigenvalue weighted by atomic mass is 9.69. The molecule has 1 aromatic heterocycles. The summed E-state index contributed by atoms with van der Waals surface area (Å²) in [6, 6.07) is 19.1. The zero-order chi connectivity index (χ0) is 23.5. The minimum atomic E-state index is -0.310. The SMILES string of the molecule is CCC12CCCN(/C=C/C(=O)OC)CCc3c(n(c4ccccc34)CC1)C2Oc1ccccc1. The van der Waals surface area contributed by atoms with E-state index in [9.17, 15) is 4.79 Å². The number of aromatic nitrogens is 1. The highest BCUT2D eigenvalue weighted by Crippen LogP contribution is 2.53. The van der Waals surface area contributed by atoms with Gasteiger partial charge < -0.3 is 18.9 Å². The number of fused-ring (bicyclic) bond motifs is 4. The molecule has 34 heavy (non-hydrogen) atoms. The fourth-order valence-electron chi connectivity index (χ4n) is 5.95. The van der Waals surface area contributed by atoms with Gasteiger partial charge in [0.05, 0.1) is 12.8 Å². The number of esters is 1. The van der Waals surface area contributed by atoms with E-state index in [1.807, 2.05) is 12.3 Å². The van der Waals surface area contributed by atoms with Gasteiger partial charge in [-0.3, -0.25) is 0 Å². The Morgan fingerprint density at radius 2 is 1.85 bits per heavy atom. The van der Waals surface area contributed by atoms with Gasteiger partial charge in [0.15, 0.2) is 0 Å². The molecule has 2 unspecified atom stereocenters. The van der Waals surface area contributed by atoms with E-state index in [-0.39, 0.29) is 17.5 Å². The van der Waals surface area contributed by atoms with Crippen LogP contribution in [0.4, 0.5) is 0 Å². The Morgan fingerprint density at radius 1 is 1.06 bits per heavy atom. The molecule has 5 heteroatoms. The maximum Gasteiger partial charge on any atom is 0.331 e. The van der Waals surface area contributed by atoms with E-state index in [2.05, 4.69) is 64.9 Å². The van der Waals surface area contributed by atoms with E-state index in [1.165, 1.54) is 35.3 Å². The Hall–Kier alpha value is -3.21. The van der Waals surface area contributed by atoms with Crippen LogP contribution in [0, 0.1) is 5.41 Å². The molecule has 2 aliphatic rings. The topological polar surface area (TPSA) is 43.7 Å². The normalized spacial score (nSPS) is 22.6. The average molecular weight is 459 g/mol. The van der Waals surface area contributed by atoms with Crippen LogP contribution in [0.3, 0.4) is 0 Å². The predicted molar refractivity (Wildman–Crippen MR) is 135 cm³/mol. The van der Waals surface area contributed by atoms with Crippen molar-refractivity contribution in [2.75, 3.05) is 20.2 Å². The summed E-state index contributed by atoms with van der Waals surface area (Å²) in [4.78, 5) is 14.0.